The zero-order chi connectivity index (χ0) is 13.1. The molecule has 1 aromatic carbocycles. The SMILES string of the molecule is O=[N+]([O-])c1cc(F)c(NCc2ccoc2)c(F)c1. The maximum absolute atomic E-state index is 13.5. The molecule has 0 atom stereocenters. The van der Waals surface area contributed by atoms with Crippen molar-refractivity contribution in [2.24, 2.45) is 0 Å². The molecule has 5 nitrogen and oxygen atoms in total. The second-order valence-corrected chi connectivity index (χ2v) is 3.53. The van der Waals surface area contributed by atoms with Gasteiger partial charge < -0.3 is 9.73 Å². The second kappa shape index (κ2) is 4.82. The molecule has 0 radical (unpaired) electrons. The molecule has 94 valence electrons. The highest BCUT2D eigenvalue weighted by Gasteiger charge is 2.16. The van der Waals surface area contributed by atoms with Gasteiger partial charge in [-0.3, -0.25) is 10.1 Å². The molecule has 0 bridgehead atoms. The Morgan fingerprint density at radius 2 is 2.00 bits per heavy atom. The van der Waals surface area contributed by atoms with E-state index in [2.05, 4.69) is 5.32 Å². The van der Waals surface area contributed by atoms with Gasteiger partial charge in [0.05, 0.1) is 29.6 Å². The third-order valence-electron chi connectivity index (χ3n) is 2.29. The number of furan rings is 1. The number of anilines is 1. The lowest BCUT2D eigenvalue weighted by molar-refractivity contribution is -0.385. The summed E-state index contributed by atoms with van der Waals surface area (Å²) in [6, 6.07) is 2.97. The maximum Gasteiger partial charge on any atom is 0.275 e. The maximum atomic E-state index is 13.5. The van der Waals surface area contributed by atoms with Gasteiger partial charge in [-0.2, -0.15) is 0 Å². The van der Waals surface area contributed by atoms with Gasteiger partial charge in [-0.25, -0.2) is 8.78 Å². The third-order valence-corrected chi connectivity index (χ3v) is 2.29. The molecular formula is C11H8F2N2O3. The Bertz CT molecular complexity index is 547. The van der Waals surface area contributed by atoms with Gasteiger partial charge in [0.2, 0.25) is 0 Å². The molecule has 0 aliphatic heterocycles. The zero-order valence-corrected chi connectivity index (χ0v) is 9.02. The molecule has 0 amide bonds. The average molecular weight is 254 g/mol. The minimum atomic E-state index is -1.01. The van der Waals surface area contributed by atoms with Crippen molar-refractivity contribution in [3.05, 3.63) is 58.0 Å². The molecule has 0 aliphatic carbocycles. The van der Waals surface area contributed by atoms with Crippen LogP contribution in [0.4, 0.5) is 20.2 Å². The lowest BCUT2D eigenvalue weighted by Gasteiger charge is -2.07. The molecule has 18 heavy (non-hydrogen) atoms. The number of nitro groups is 1. The van der Waals surface area contributed by atoms with Gasteiger partial charge in [0.1, 0.15) is 5.69 Å². The number of non-ortho nitro benzene ring substituents is 1. The van der Waals surface area contributed by atoms with E-state index in [0.717, 1.165) is 0 Å². The van der Waals surface area contributed by atoms with Crippen molar-refractivity contribution in [1.82, 2.24) is 0 Å². The van der Waals surface area contributed by atoms with Gasteiger partial charge in [-0.15, -0.1) is 0 Å². The van der Waals surface area contributed by atoms with Crippen molar-refractivity contribution in [3.8, 4) is 0 Å². The van der Waals surface area contributed by atoms with Crippen molar-refractivity contribution in [3.63, 3.8) is 0 Å². The Balaban J connectivity index is 2.20. The molecule has 2 rings (SSSR count). The van der Waals surface area contributed by atoms with E-state index in [1.807, 2.05) is 0 Å². The first-order valence-corrected chi connectivity index (χ1v) is 4.96. The minimum Gasteiger partial charge on any atom is -0.472 e. The van der Waals surface area contributed by atoms with Crippen molar-refractivity contribution >= 4 is 11.4 Å². The molecule has 0 saturated heterocycles. The molecule has 2 aromatic rings. The number of nitrogens with one attached hydrogen (secondary N) is 1. The molecule has 0 spiro atoms. The summed E-state index contributed by atoms with van der Waals surface area (Å²) in [6.07, 6.45) is 2.85. The van der Waals surface area contributed by atoms with Crippen LogP contribution in [0, 0.1) is 21.7 Å². The molecule has 1 N–H and O–H groups in total. The topological polar surface area (TPSA) is 68.3 Å². The Morgan fingerprint density at radius 1 is 1.33 bits per heavy atom. The monoisotopic (exact) mass is 254 g/mol. The van der Waals surface area contributed by atoms with Gasteiger partial charge in [-0.1, -0.05) is 0 Å². The fourth-order valence-corrected chi connectivity index (χ4v) is 1.42. The number of nitro benzene ring substituents is 1. The molecular weight excluding hydrogens is 246 g/mol. The molecule has 7 heteroatoms. The van der Waals surface area contributed by atoms with Crippen LogP contribution in [0.25, 0.3) is 0 Å². The number of benzene rings is 1. The van der Waals surface area contributed by atoms with Crippen LogP contribution < -0.4 is 5.32 Å². The summed E-state index contributed by atoms with van der Waals surface area (Å²) < 4.78 is 31.7. The quantitative estimate of drug-likeness (QED) is 0.672. The summed E-state index contributed by atoms with van der Waals surface area (Å²) in [4.78, 5) is 9.55. The van der Waals surface area contributed by atoms with Crippen LogP contribution in [0.15, 0.2) is 35.1 Å². The standard InChI is InChI=1S/C11H8F2N2O3/c12-9-3-8(15(16)17)4-10(13)11(9)14-5-7-1-2-18-6-7/h1-4,6,14H,5H2. The molecule has 0 aliphatic rings. The van der Waals surface area contributed by atoms with Gasteiger partial charge in [0.15, 0.2) is 11.6 Å². The smallest absolute Gasteiger partial charge is 0.275 e. The van der Waals surface area contributed by atoms with Crippen LogP contribution in [0.3, 0.4) is 0 Å². The number of nitrogens with zero attached hydrogens (tertiary/aromatic N) is 1. The fraction of sp³-hybridized carbons (Fsp3) is 0.0909. The largest absolute Gasteiger partial charge is 0.472 e. The Kier molecular flexibility index (Phi) is 3.22. The average Bonchev–Trinajstić information content (AvgIpc) is 2.80. The molecule has 0 fully saturated rings. The predicted molar refractivity (Wildman–Crippen MR) is 59.0 cm³/mol. The van der Waals surface area contributed by atoms with Crippen molar-refractivity contribution in [2.75, 3.05) is 5.32 Å². The summed E-state index contributed by atoms with van der Waals surface area (Å²) >= 11 is 0. The van der Waals surface area contributed by atoms with E-state index in [9.17, 15) is 18.9 Å². The Labute approximate surface area is 100 Å². The molecule has 1 aromatic heterocycles. The van der Waals surface area contributed by atoms with Crippen LogP contribution >= 0.6 is 0 Å². The Hall–Kier alpha value is -2.44. The van der Waals surface area contributed by atoms with E-state index in [4.69, 9.17) is 4.42 Å². The summed E-state index contributed by atoms with van der Waals surface area (Å²) in [5, 5.41) is 12.9. The van der Waals surface area contributed by atoms with Crippen LogP contribution in [0.5, 0.6) is 0 Å². The van der Waals surface area contributed by atoms with Crippen molar-refractivity contribution in [2.45, 2.75) is 6.54 Å². The molecule has 0 unspecified atom stereocenters. The summed E-state index contributed by atoms with van der Waals surface area (Å²) in [5.74, 6) is -2.02. The van der Waals surface area contributed by atoms with E-state index in [1.54, 1.807) is 6.07 Å². The van der Waals surface area contributed by atoms with E-state index in [0.29, 0.717) is 17.7 Å². The van der Waals surface area contributed by atoms with E-state index < -0.39 is 27.9 Å². The highest BCUT2D eigenvalue weighted by molar-refractivity contribution is 5.51. The highest BCUT2D eigenvalue weighted by atomic mass is 19.1. The lowest BCUT2D eigenvalue weighted by atomic mass is 10.2. The van der Waals surface area contributed by atoms with E-state index in [1.165, 1.54) is 12.5 Å². The fourth-order valence-electron chi connectivity index (χ4n) is 1.42. The van der Waals surface area contributed by atoms with Gasteiger partial charge >= 0.3 is 0 Å². The number of halogens is 2. The first-order chi connectivity index (χ1) is 8.58. The van der Waals surface area contributed by atoms with Gasteiger partial charge in [0.25, 0.3) is 5.69 Å². The highest BCUT2D eigenvalue weighted by Crippen LogP contribution is 2.25. The van der Waals surface area contributed by atoms with Gasteiger partial charge in [0, 0.05) is 12.1 Å². The van der Waals surface area contributed by atoms with E-state index in [-0.39, 0.29) is 6.54 Å². The summed E-state index contributed by atoms with van der Waals surface area (Å²) in [5.41, 5.74) is -0.326. The number of hydrogen-bond acceptors (Lipinski definition) is 4. The molecule has 1 heterocycles. The van der Waals surface area contributed by atoms with Crippen molar-refractivity contribution < 1.29 is 18.1 Å². The number of rotatable bonds is 4. The second-order valence-electron chi connectivity index (χ2n) is 3.53. The molecule has 0 saturated carbocycles. The van der Waals surface area contributed by atoms with E-state index >= 15 is 0 Å². The lowest BCUT2D eigenvalue weighted by Crippen LogP contribution is -2.04. The summed E-state index contributed by atoms with van der Waals surface area (Å²) in [6.45, 7) is 0.155. The van der Waals surface area contributed by atoms with Crippen molar-refractivity contribution in [1.29, 1.82) is 0 Å². The van der Waals surface area contributed by atoms with Crippen LogP contribution in [-0.4, -0.2) is 4.92 Å². The minimum absolute atomic E-state index is 0.155. The summed E-state index contributed by atoms with van der Waals surface area (Å²) in [7, 11) is 0. The van der Waals surface area contributed by atoms with Gasteiger partial charge in [-0.05, 0) is 6.07 Å². The van der Waals surface area contributed by atoms with Crippen LogP contribution in [0.2, 0.25) is 0 Å². The first-order valence-electron chi connectivity index (χ1n) is 4.96. The predicted octanol–water partition coefficient (Wildman–Crippen LogP) is 3.08. The van der Waals surface area contributed by atoms with Crippen LogP contribution in [0.1, 0.15) is 5.56 Å². The normalized spacial score (nSPS) is 10.3. The third kappa shape index (κ3) is 2.45. The van der Waals surface area contributed by atoms with Crippen LogP contribution in [-0.2, 0) is 6.54 Å². The number of hydrogen-bond donors (Lipinski definition) is 1. The Morgan fingerprint density at radius 3 is 2.50 bits per heavy atom. The zero-order valence-electron chi connectivity index (χ0n) is 9.02. The first kappa shape index (κ1) is 12.0.